The summed E-state index contributed by atoms with van der Waals surface area (Å²) in [5, 5.41) is -0.822. The van der Waals surface area contributed by atoms with Crippen molar-refractivity contribution in [1.82, 2.24) is 9.97 Å². The molecule has 0 aliphatic carbocycles. The molecule has 110 valence electrons. The number of carbonyl (C=O) groups excluding carboxylic acids is 1. The second-order valence-corrected chi connectivity index (χ2v) is 6.35. The van der Waals surface area contributed by atoms with Gasteiger partial charge in [-0.05, 0) is 12.1 Å². The van der Waals surface area contributed by atoms with Gasteiger partial charge in [-0.15, -0.1) is 3.89 Å². The molecular formula is C12H11FN4O3S. The molecule has 1 unspecified atom stereocenters. The van der Waals surface area contributed by atoms with Gasteiger partial charge in [0.1, 0.15) is 11.1 Å². The van der Waals surface area contributed by atoms with Gasteiger partial charge in [0.15, 0.2) is 0 Å². The third kappa shape index (κ3) is 2.40. The molecule has 7 nitrogen and oxygen atoms in total. The summed E-state index contributed by atoms with van der Waals surface area (Å²) in [5.74, 6) is -0.346. The van der Waals surface area contributed by atoms with Crippen LogP contribution in [0.1, 0.15) is 6.42 Å². The molecule has 1 aliphatic heterocycles. The first-order chi connectivity index (χ1) is 9.86. The van der Waals surface area contributed by atoms with Gasteiger partial charge < -0.3 is 5.73 Å². The number of halogens is 1. The van der Waals surface area contributed by atoms with Crippen molar-refractivity contribution in [2.24, 2.45) is 0 Å². The van der Waals surface area contributed by atoms with E-state index in [1.165, 1.54) is 0 Å². The van der Waals surface area contributed by atoms with Gasteiger partial charge in [0, 0.05) is 18.4 Å². The van der Waals surface area contributed by atoms with Crippen LogP contribution in [-0.2, 0) is 15.0 Å². The van der Waals surface area contributed by atoms with E-state index in [2.05, 4.69) is 9.97 Å². The van der Waals surface area contributed by atoms with E-state index in [0.717, 1.165) is 4.90 Å². The highest BCUT2D eigenvalue weighted by atomic mass is 32.3. The Morgan fingerprint density at radius 1 is 1.29 bits per heavy atom. The Labute approximate surface area is 119 Å². The highest BCUT2D eigenvalue weighted by Gasteiger charge is 2.40. The third-order valence-electron chi connectivity index (χ3n) is 3.34. The van der Waals surface area contributed by atoms with Crippen molar-refractivity contribution in [3.8, 4) is 0 Å². The van der Waals surface area contributed by atoms with E-state index >= 15 is 0 Å². The molecule has 3 rings (SSSR count). The zero-order valence-corrected chi connectivity index (χ0v) is 11.5. The Kier molecular flexibility index (Phi) is 3.01. The summed E-state index contributed by atoms with van der Waals surface area (Å²) in [6.45, 7) is -0.280. The average Bonchev–Trinajstić information content (AvgIpc) is 2.79. The number of hydrogen-bond donors (Lipinski definition) is 1. The van der Waals surface area contributed by atoms with Crippen LogP contribution in [0.4, 0.5) is 15.7 Å². The van der Waals surface area contributed by atoms with Gasteiger partial charge in [-0.1, -0.05) is 12.1 Å². The van der Waals surface area contributed by atoms with Gasteiger partial charge in [-0.3, -0.25) is 9.69 Å². The lowest BCUT2D eigenvalue weighted by Crippen LogP contribution is -2.28. The molecule has 0 saturated carbocycles. The fourth-order valence-corrected chi connectivity index (χ4v) is 3.02. The van der Waals surface area contributed by atoms with Crippen LogP contribution >= 0.6 is 0 Å². The Morgan fingerprint density at radius 3 is 2.67 bits per heavy atom. The first-order valence-corrected chi connectivity index (χ1v) is 7.57. The Morgan fingerprint density at radius 2 is 2.00 bits per heavy atom. The van der Waals surface area contributed by atoms with E-state index < -0.39 is 27.8 Å². The molecule has 1 atom stereocenters. The fraction of sp³-hybridized carbons (Fsp3) is 0.250. The predicted octanol–water partition coefficient (Wildman–Crippen LogP) is 0.617. The molecule has 1 fully saturated rings. The Hall–Kier alpha value is -2.29. The van der Waals surface area contributed by atoms with Gasteiger partial charge in [0.2, 0.25) is 11.9 Å². The maximum absolute atomic E-state index is 13.1. The average molecular weight is 310 g/mol. The van der Waals surface area contributed by atoms with Crippen molar-refractivity contribution in [2.45, 2.75) is 11.7 Å². The van der Waals surface area contributed by atoms with Crippen molar-refractivity contribution in [2.75, 3.05) is 17.2 Å². The number of hydrogen-bond acceptors (Lipinski definition) is 6. The van der Waals surface area contributed by atoms with E-state index in [-0.39, 0.29) is 18.3 Å². The van der Waals surface area contributed by atoms with Crippen molar-refractivity contribution >= 4 is 38.8 Å². The molecule has 1 amide bonds. The summed E-state index contributed by atoms with van der Waals surface area (Å²) >= 11 is 0. The first kappa shape index (κ1) is 13.7. The predicted molar refractivity (Wildman–Crippen MR) is 74.7 cm³/mol. The zero-order valence-electron chi connectivity index (χ0n) is 10.7. The second-order valence-electron chi connectivity index (χ2n) is 4.73. The van der Waals surface area contributed by atoms with E-state index in [1.54, 1.807) is 24.3 Å². The fourth-order valence-electron chi connectivity index (χ4n) is 2.35. The van der Waals surface area contributed by atoms with Crippen LogP contribution < -0.4 is 10.6 Å². The minimum atomic E-state index is -4.78. The van der Waals surface area contributed by atoms with Crippen molar-refractivity contribution < 1.29 is 17.1 Å². The number of rotatable bonds is 2. The number of nitrogen functional groups attached to an aromatic ring is 1. The van der Waals surface area contributed by atoms with Gasteiger partial charge in [-0.25, -0.2) is 4.98 Å². The van der Waals surface area contributed by atoms with Crippen molar-refractivity contribution in [3.05, 3.63) is 24.3 Å². The van der Waals surface area contributed by atoms with Gasteiger partial charge in [0.25, 0.3) is 0 Å². The number of nitrogens with two attached hydrogens (primary N) is 1. The number of amides is 1. The third-order valence-corrected chi connectivity index (χ3v) is 4.46. The molecule has 9 heteroatoms. The molecule has 1 aromatic heterocycles. The van der Waals surface area contributed by atoms with Crippen LogP contribution in [0.15, 0.2) is 24.3 Å². The molecule has 1 aromatic carbocycles. The van der Waals surface area contributed by atoms with E-state index in [0.29, 0.717) is 10.9 Å². The smallest absolute Gasteiger partial charge is 0.307 e. The van der Waals surface area contributed by atoms with E-state index in [1.807, 2.05) is 0 Å². The summed E-state index contributed by atoms with van der Waals surface area (Å²) in [4.78, 5) is 21.2. The zero-order chi connectivity index (χ0) is 15.2. The second kappa shape index (κ2) is 4.62. The maximum atomic E-state index is 13.1. The number of fused-ring (bicyclic) bond motifs is 1. The minimum absolute atomic E-state index is 0.0388. The number of benzene rings is 1. The highest BCUT2D eigenvalue weighted by Crippen LogP contribution is 2.30. The molecule has 0 spiro atoms. The van der Waals surface area contributed by atoms with E-state index in [4.69, 9.17) is 5.73 Å². The van der Waals surface area contributed by atoms with Crippen molar-refractivity contribution in [3.63, 3.8) is 0 Å². The number of para-hydroxylation sites is 1. The van der Waals surface area contributed by atoms with Crippen LogP contribution in [0.5, 0.6) is 0 Å². The largest absolute Gasteiger partial charge is 0.368 e. The number of carbonyl (C=O) groups is 1. The maximum Gasteiger partial charge on any atom is 0.307 e. The van der Waals surface area contributed by atoms with Gasteiger partial charge in [0.05, 0.1) is 5.52 Å². The molecule has 1 aliphatic rings. The summed E-state index contributed by atoms with van der Waals surface area (Å²) in [5.41, 5.74) is 6.13. The van der Waals surface area contributed by atoms with E-state index in [9.17, 15) is 17.1 Å². The molecule has 21 heavy (non-hydrogen) atoms. The molecule has 2 N–H and O–H groups in total. The number of aromatic nitrogens is 2. The lowest BCUT2D eigenvalue weighted by atomic mass is 10.2. The molecule has 0 radical (unpaired) electrons. The molecule has 2 aromatic rings. The molecular weight excluding hydrogens is 299 g/mol. The van der Waals surface area contributed by atoms with Crippen molar-refractivity contribution in [1.29, 1.82) is 0 Å². The SMILES string of the molecule is Nc1nc(N2CC(S(=O)(=O)F)CC2=O)c2ccccc2n1. The molecule has 2 heterocycles. The molecule has 0 bridgehead atoms. The number of anilines is 2. The summed E-state index contributed by atoms with van der Waals surface area (Å²) in [6, 6.07) is 6.87. The van der Waals surface area contributed by atoms with Crippen LogP contribution in [0.2, 0.25) is 0 Å². The summed E-state index contributed by atoms with van der Waals surface area (Å²) in [6.07, 6.45) is -0.406. The lowest BCUT2D eigenvalue weighted by Gasteiger charge is -2.17. The Bertz CT molecular complexity index is 840. The quantitative estimate of drug-likeness (QED) is 0.815. The first-order valence-electron chi connectivity index (χ1n) is 6.12. The number of nitrogens with zero attached hydrogens (tertiary/aromatic N) is 3. The van der Waals surface area contributed by atoms with Crippen LogP contribution in [0.3, 0.4) is 0 Å². The molecule has 1 saturated heterocycles. The van der Waals surface area contributed by atoms with Gasteiger partial charge >= 0.3 is 10.2 Å². The topological polar surface area (TPSA) is 106 Å². The highest BCUT2D eigenvalue weighted by molar-refractivity contribution is 7.87. The van der Waals surface area contributed by atoms with Crippen LogP contribution in [0.25, 0.3) is 10.9 Å². The van der Waals surface area contributed by atoms with Crippen LogP contribution in [-0.4, -0.2) is 36.1 Å². The monoisotopic (exact) mass is 310 g/mol. The Balaban J connectivity index is 2.11. The normalized spacial score (nSPS) is 19.4. The van der Waals surface area contributed by atoms with Crippen LogP contribution in [0, 0.1) is 0 Å². The van der Waals surface area contributed by atoms with Gasteiger partial charge in [-0.2, -0.15) is 13.4 Å². The lowest BCUT2D eigenvalue weighted by molar-refractivity contribution is -0.117. The summed E-state index contributed by atoms with van der Waals surface area (Å²) < 4.78 is 35.1. The standard InChI is InChI=1S/C12H11FN4O3S/c13-21(19,20)7-5-10(18)17(6-7)11-8-3-1-2-4-9(8)15-12(14)16-11/h1-4,7H,5-6H2,(H2,14,15,16). The minimum Gasteiger partial charge on any atom is -0.368 e. The summed E-state index contributed by atoms with van der Waals surface area (Å²) in [7, 11) is -4.78.